The topological polar surface area (TPSA) is 60.3 Å². The van der Waals surface area contributed by atoms with E-state index in [2.05, 4.69) is 5.32 Å². The Kier molecular flexibility index (Phi) is 3.75. The number of hydrogen-bond acceptors (Lipinski definition) is 4. The highest BCUT2D eigenvalue weighted by atomic mass is 16.5. The van der Waals surface area contributed by atoms with Gasteiger partial charge < -0.3 is 14.6 Å². The number of carbonyl (C=O) groups excluding carboxylic acids is 1. The fourth-order valence-corrected chi connectivity index (χ4v) is 2.82. The van der Waals surface area contributed by atoms with Crippen LogP contribution in [0.25, 0.3) is 10.8 Å². The van der Waals surface area contributed by atoms with E-state index in [0.717, 1.165) is 24.9 Å². The molecule has 0 aliphatic carbocycles. The number of ether oxygens (including phenoxy) is 1. The zero-order valence-corrected chi connectivity index (χ0v) is 12.0. The van der Waals surface area contributed by atoms with Crippen LogP contribution in [0.1, 0.15) is 16.8 Å². The van der Waals surface area contributed by atoms with Gasteiger partial charge >= 0.3 is 5.97 Å². The second kappa shape index (κ2) is 5.69. The molecule has 1 atom stereocenters. The molecule has 0 radical (unpaired) electrons. The lowest BCUT2D eigenvalue weighted by Crippen LogP contribution is -2.24. The summed E-state index contributed by atoms with van der Waals surface area (Å²) < 4.78 is 6.44. The average molecular weight is 286 g/mol. The van der Waals surface area contributed by atoms with Gasteiger partial charge in [-0.1, -0.05) is 6.07 Å². The van der Waals surface area contributed by atoms with E-state index in [9.17, 15) is 9.59 Å². The molecule has 0 spiro atoms. The number of aromatic nitrogens is 1. The number of fused-ring (bicyclic) bond motifs is 1. The number of benzene rings is 1. The average Bonchev–Trinajstić information content (AvgIpc) is 3.02. The quantitative estimate of drug-likeness (QED) is 0.866. The Hall–Kier alpha value is -2.14. The third-order valence-corrected chi connectivity index (χ3v) is 4.02. The Bertz CT molecular complexity index is 730. The predicted molar refractivity (Wildman–Crippen MR) is 80.5 cm³/mol. The van der Waals surface area contributed by atoms with Gasteiger partial charge in [-0.2, -0.15) is 0 Å². The summed E-state index contributed by atoms with van der Waals surface area (Å²) in [6.07, 6.45) is 2.92. The van der Waals surface area contributed by atoms with E-state index in [0.29, 0.717) is 23.4 Å². The first-order chi connectivity index (χ1) is 10.2. The summed E-state index contributed by atoms with van der Waals surface area (Å²) in [5.74, 6) is 0.0654. The van der Waals surface area contributed by atoms with Crippen LogP contribution < -0.4 is 10.9 Å². The van der Waals surface area contributed by atoms with Crippen LogP contribution in [0, 0.1) is 5.92 Å². The zero-order chi connectivity index (χ0) is 14.8. The van der Waals surface area contributed by atoms with Crippen molar-refractivity contribution in [2.24, 2.45) is 5.92 Å². The van der Waals surface area contributed by atoms with Crippen molar-refractivity contribution in [3.05, 3.63) is 46.4 Å². The van der Waals surface area contributed by atoms with Crippen LogP contribution in [0.2, 0.25) is 0 Å². The summed E-state index contributed by atoms with van der Waals surface area (Å²) >= 11 is 0. The summed E-state index contributed by atoms with van der Waals surface area (Å²) in [4.78, 5) is 24.2. The molecule has 1 aromatic carbocycles. The molecule has 5 nitrogen and oxygen atoms in total. The van der Waals surface area contributed by atoms with Crippen molar-refractivity contribution in [3.8, 4) is 0 Å². The van der Waals surface area contributed by atoms with Crippen LogP contribution in [0.3, 0.4) is 0 Å². The van der Waals surface area contributed by atoms with Crippen LogP contribution in [-0.4, -0.2) is 30.7 Å². The monoisotopic (exact) mass is 286 g/mol. The molecule has 0 saturated carbocycles. The fraction of sp³-hybridized carbons (Fsp3) is 0.375. The van der Waals surface area contributed by atoms with Crippen molar-refractivity contribution in [2.75, 3.05) is 20.2 Å². The number of rotatable bonds is 3. The minimum Gasteiger partial charge on any atom is -0.465 e. The van der Waals surface area contributed by atoms with Crippen LogP contribution in [0.5, 0.6) is 0 Å². The minimum atomic E-state index is -0.424. The lowest BCUT2D eigenvalue weighted by atomic mass is 10.1. The molecule has 0 bridgehead atoms. The summed E-state index contributed by atoms with van der Waals surface area (Å²) in [5.41, 5.74) is 0.354. The van der Waals surface area contributed by atoms with Gasteiger partial charge in [-0.15, -0.1) is 0 Å². The van der Waals surface area contributed by atoms with E-state index in [1.54, 1.807) is 22.8 Å². The van der Waals surface area contributed by atoms with Crippen molar-refractivity contribution in [1.29, 1.82) is 0 Å². The molecule has 3 rings (SSSR count). The number of nitrogens with zero attached hydrogens (tertiary/aromatic N) is 1. The van der Waals surface area contributed by atoms with Crippen LogP contribution in [-0.2, 0) is 11.3 Å². The van der Waals surface area contributed by atoms with E-state index in [1.807, 2.05) is 12.3 Å². The first-order valence-electron chi connectivity index (χ1n) is 7.11. The molecular formula is C16H18N2O3. The standard InChI is InChI=1S/C16H18N2O3/c1-21-16(20)13-3-2-12-5-7-18(15(19)14(12)8-13)10-11-4-6-17-9-11/h2-3,5,7-8,11,17H,4,6,9-10H2,1H3/t11-/m0/s1. The maximum atomic E-state index is 12.6. The van der Waals surface area contributed by atoms with E-state index in [4.69, 9.17) is 4.74 Å². The maximum absolute atomic E-state index is 12.6. The van der Waals surface area contributed by atoms with Gasteiger partial charge in [0.05, 0.1) is 12.7 Å². The van der Waals surface area contributed by atoms with E-state index >= 15 is 0 Å². The van der Waals surface area contributed by atoms with Crippen LogP contribution in [0.15, 0.2) is 35.3 Å². The molecular weight excluding hydrogens is 268 g/mol. The van der Waals surface area contributed by atoms with Gasteiger partial charge in [-0.25, -0.2) is 4.79 Å². The number of nitrogens with one attached hydrogen (secondary N) is 1. The number of esters is 1. The summed E-state index contributed by atoms with van der Waals surface area (Å²) in [7, 11) is 1.34. The highest BCUT2D eigenvalue weighted by molar-refractivity contribution is 5.95. The van der Waals surface area contributed by atoms with Gasteiger partial charge in [-0.3, -0.25) is 4.79 Å². The second-order valence-electron chi connectivity index (χ2n) is 5.43. The first kappa shape index (κ1) is 13.8. The Labute approximate surface area is 122 Å². The van der Waals surface area contributed by atoms with Gasteiger partial charge in [0.25, 0.3) is 5.56 Å². The second-order valence-corrected chi connectivity index (χ2v) is 5.43. The third-order valence-electron chi connectivity index (χ3n) is 4.02. The smallest absolute Gasteiger partial charge is 0.337 e. The molecule has 5 heteroatoms. The number of hydrogen-bond donors (Lipinski definition) is 1. The fourth-order valence-electron chi connectivity index (χ4n) is 2.82. The van der Waals surface area contributed by atoms with Crippen molar-refractivity contribution < 1.29 is 9.53 Å². The van der Waals surface area contributed by atoms with Gasteiger partial charge in [0.2, 0.25) is 0 Å². The highest BCUT2D eigenvalue weighted by Crippen LogP contribution is 2.15. The first-order valence-corrected chi connectivity index (χ1v) is 7.11. The Morgan fingerprint density at radius 1 is 1.43 bits per heavy atom. The van der Waals surface area contributed by atoms with Crippen molar-refractivity contribution >= 4 is 16.7 Å². The SMILES string of the molecule is COC(=O)c1ccc2ccn(C[C@H]3CCNC3)c(=O)c2c1. The normalized spacial score (nSPS) is 18.0. The molecule has 1 fully saturated rings. The largest absolute Gasteiger partial charge is 0.465 e. The number of methoxy groups -OCH3 is 1. The Morgan fingerprint density at radius 3 is 3.00 bits per heavy atom. The Balaban J connectivity index is 2.01. The van der Waals surface area contributed by atoms with E-state index in [1.165, 1.54) is 7.11 Å². The highest BCUT2D eigenvalue weighted by Gasteiger charge is 2.16. The van der Waals surface area contributed by atoms with Gasteiger partial charge in [0.15, 0.2) is 0 Å². The lowest BCUT2D eigenvalue weighted by Gasteiger charge is -2.12. The van der Waals surface area contributed by atoms with E-state index in [-0.39, 0.29) is 5.56 Å². The van der Waals surface area contributed by atoms with Crippen LogP contribution in [0.4, 0.5) is 0 Å². The molecule has 2 heterocycles. The van der Waals surface area contributed by atoms with E-state index < -0.39 is 5.97 Å². The van der Waals surface area contributed by atoms with Crippen molar-refractivity contribution in [2.45, 2.75) is 13.0 Å². The third kappa shape index (κ3) is 2.69. The number of carbonyl (C=O) groups is 1. The van der Waals surface area contributed by atoms with Gasteiger partial charge in [0, 0.05) is 18.1 Å². The summed E-state index contributed by atoms with van der Waals surface area (Å²) in [5, 5.41) is 4.71. The van der Waals surface area contributed by atoms with Crippen molar-refractivity contribution in [1.82, 2.24) is 9.88 Å². The van der Waals surface area contributed by atoms with Crippen LogP contribution >= 0.6 is 0 Å². The summed E-state index contributed by atoms with van der Waals surface area (Å²) in [6, 6.07) is 7.00. The molecule has 2 aromatic rings. The maximum Gasteiger partial charge on any atom is 0.337 e. The molecule has 1 aliphatic heterocycles. The molecule has 21 heavy (non-hydrogen) atoms. The Morgan fingerprint density at radius 2 is 2.29 bits per heavy atom. The molecule has 1 N–H and O–H groups in total. The zero-order valence-electron chi connectivity index (χ0n) is 12.0. The lowest BCUT2D eigenvalue weighted by molar-refractivity contribution is 0.0601. The van der Waals surface area contributed by atoms with Gasteiger partial charge in [0.1, 0.15) is 0 Å². The number of pyridine rings is 1. The molecule has 0 amide bonds. The predicted octanol–water partition coefficient (Wildman–Crippen LogP) is 1.40. The molecule has 1 aromatic heterocycles. The minimum absolute atomic E-state index is 0.0508. The molecule has 1 aliphatic rings. The molecule has 1 saturated heterocycles. The molecule has 0 unspecified atom stereocenters. The summed E-state index contributed by atoms with van der Waals surface area (Å²) in [6.45, 7) is 2.68. The van der Waals surface area contributed by atoms with Crippen molar-refractivity contribution in [3.63, 3.8) is 0 Å². The molecule has 110 valence electrons. The van der Waals surface area contributed by atoms with Gasteiger partial charge in [-0.05, 0) is 49.0 Å².